The average molecular weight is 472 g/mol. The third-order valence-electron chi connectivity index (χ3n) is 4.92. The minimum Gasteiger partial charge on any atom is -0.496 e. The summed E-state index contributed by atoms with van der Waals surface area (Å²) in [6.45, 7) is 2.11. The van der Waals surface area contributed by atoms with Crippen molar-refractivity contribution in [3.05, 3.63) is 76.5 Å². The average Bonchev–Trinajstić information content (AvgIpc) is 3.40. The number of carbonyl (C=O) groups is 2. The van der Waals surface area contributed by atoms with Gasteiger partial charge in [-0.2, -0.15) is 8.42 Å². The Hall–Kier alpha value is -3.37. The summed E-state index contributed by atoms with van der Waals surface area (Å²) < 4.78 is 38.5. The van der Waals surface area contributed by atoms with Crippen molar-refractivity contribution in [2.75, 3.05) is 18.0 Å². The Kier molecular flexibility index (Phi) is 5.66. The van der Waals surface area contributed by atoms with Crippen molar-refractivity contribution in [2.45, 2.75) is 11.1 Å². The Labute approximate surface area is 189 Å². The van der Waals surface area contributed by atoms with Gasteiger partial charge in [-0.1, -0.05) is 24.3 Å². The van der Waals surface area contributed by atoms with Gasteiger partial charge in [0, 0.05) is 11.1 Å². The number of anilines is 1. The molecule has 0 bridgehead atoms. The second-order valence-corrected chi connectivity index (χ2v) is 9.67. The van der Waals surface area contributed by atoms with Crippen molar-refractivity contribution < 1.29 is 27.5 Å². The van der Waals surface area contributed by atoms with Gasteiger partial charge < -0.3 is 15.2 Å². The number of fused-ring (bicyclic) bond motifs is 1. The highest BCUT2D eigenvalue weighted by molar-refractivity contribution is 7.95. The number of hydrogen-bond acceptors (Lipinski definition) is 7. The highest BCUT2D eigenvalue weighted by atomic mass is 32.2. The van der Waals surface area contributed by atoms with E-state index in [0.717, 1.165) is 11.3 Å². The molecular weight excluding hydrogens is 452 g/mol. The summed E-state index contributed by atoms with van der Waals surface area (Å²) in [5.41, 5.74) is 6.04. The molecule has 2 N–H and O–H groups in total. The summed E-state index contributed by atoms with van der Waals surface area (Å²) in [7, 11) is -2.88. The molecule has 0 spiro atoms. The zero-order valence-electron chi connectivity index (χ0n) is 17.2. The molecule has 2 aromatic carbocycles. The van der Waals surface area contributed by atoms with Gasteiger partial charge in [-0.05, 0) is 36.6 Å². The zero-order valence-corrected chi connectivity index (χ0v) is 18.8. The molecule has 0 unspecified atom stereocenters. The SMILES string of the molecule is CCOc1ccccc1[C]1C(=O)N(S(=O)(=O)c2cccs2)c2ccc(OC)c(C(N)=O)c21. The molecule has 0 saturated heterocycles. The van der Waals surface area contributed by atoms with E-state index in [1.54, 1.807) is 42.6 Å². The van der Waals surface area contributed by atoms with Crippen molar-refractivity contribution in [2.24, 2.45) is 5.73 Å². The first-order valence-corrected chi connectivity index (χ1v) is 11.9. The number of carbonyl (C=O) groups excluding carboxylic acids is 2. The van der Waals surface area contributed by atoms with Crippen LogP contribution in [0.25, 0.3) is 0 Å². The number of para-hydroxylation sites is 1. The monoisotopic (exact) mass is 471 g/mol. The van der Waals surface area contributed by atoms with Gasteiger partial charge in [0.1, 0.15) is 21.6 Å². The van der Waals surface area contributed by atoms with Crippen LogP contribution in [0.4, 0.5) is 5.69 Å². The second kappa shape index (κ2) is 8.29. The lowest BCUT2D eigenvalue weighted by Gasteiger charge is -2.18. The van der Waals surface area contributed by atoms with Crippen LogP contribution in [0.15, 0.2) is 58.1 Å². The molecule has 1 radical (unpaired) electrons. The smallest absolute Gasteiger partial charge is 0.280 e. The van der Waals surface area contributed by atoms with E-state index in [0.29, 0.717) is 22.2 Å². The molecule has 0 fully saturated rings. The van der Waals surface area contributed by atoms with Crippen LogP contribution in [0.3, 0.4) is 0 Å². The molecule has 32 heavy (non-hydrogen) atoms. The van der Waals surface area contributed by atoms with Crippen LogP contribution < -0.4 is 19.5 Å². The number of ether oxygens (including phenoxy) is 2. The summed E-state index contributed by atoms with van der Waals surface area (Å²) in [5.74, 6) is -1.16. The molecule has 165 valence electrons. The predicted octanol–water partition coefficient (Wildman–Crippen LogP) is 2.96. The van der Waals surface area contributed by atoms with Crippen LogP contribution in [0.1, 0.15) is 28.4 Å². The van der Waals surface area contributed by atoms with Crippen LogP contribution in [0.2, 0.25) is 0 Å². The number of hydrogen-bond donors (Lipinski definition) is 1. The zero-order chi connectivity index (χ0) is 23.0. The van der Waals surface area contributed by atoms with Crippen molar-refractivity contribution in [3.63, 3.8) is 0 Å². The van der Waals surface area contributed by atoms with E-state index < -0.39 is 21.8 Å². The summed E-state index contributed by atoms with van der Waals surface area (Å²) in [5, 5.41) is 1.60. The number of benzene rings is 2. The fourth-order valence-corrected chi connectivity index (χ4v) is 6.15. The Morgan fingerprint density at radius 2 is 1.84 bits per heavy atom. The highest BCUT2D eigenvalue weighted by Gasteiger charge is 2.49. The first-order valence-electron chi connectivity index (χ1n) is 9.56. The number of primary amides is 1. The Morgan fingerprint density at radius 1 is 1.09 bits per heavy atom. The van der Waals surface area contributed by atoms with Gasteiger partial charge in [-0.15, -0.1) is 11.3 Å². The molecule has 10 heteroatoms. The van der Waals surface area contributed by atoms with Crippen LogP contribution in [0.5, 0.6) is 11.5 Å². The molecule has 1 aromatic heterocycles. The Bertz CT molecular complexity index is 1300. The van der Waals surface area contributed by atoms with E-state index in [1.165, 1.54) is 25.3 Å². The minimum atomic E-state index is -4.24. The number of sulfonamides is 1. The van der Waals surface area contributed by atoms with Gasteiger partial charge >= 0.3 is 0 Å². The first-order chi connectivity index (χ1) is 15.3. The minimum absolute atomic E-state index is 0.00289. The summed E-state index contributed by atoms with van der Waals surface area (Å²) >= 11 is 0.988. The fraction of sp³-hybridized carbons (Fsp3) is 0.136. The number of nitrogens with zero attached hydrogens (tertiary/aromatic N) is 1. The van der Waals surface area contributed by atoms with Crippen LogP contribution in [-0.4, -0.2) is 33.9 Å². The molecule has 0 aliphatic carbocycles. The fourth-order valence-electron chi connectivity index (χ4n) is 3.67. The van der Waals surface area contributed by atoms with Gasteiger partial charge in [0.2, 0.25) is 0 Å². The number of amides is 2. The number of thiophene rings is 1. The molecule has 3 aromatic rings. The van der Waals surface area contributed by atoms with Crippen LogP contribution >= 0.6 is 11.3 Å². The van der Waals surface area contributed by atoms with Gasteiger partial charge in [-0.3, -0.25) is 9.59 Å². The molecule has 0 atom stereocenters. The largest absolute Gasteiger partial charge is 0.496 e. The van der Waals surface area contributed by atoms with Crippen molar-refractivity contribution in [1.29, 1.82) is 0 Å². The van der Waals surface area contributed by atoms with Gasteiger partial charge in [0.05, 0.1) is 25.0 Å². The molecule has 2 amide bonds. The maximum atomic E-state index is 13.7. The summed E-state index contributed by atoms with van der Waals surface area (Å²) in [4.78, 5) is 26.1. The number of methoxy groups -OCH3 is 1. The van der Waals surface area contributed by atoms with Gasteiger partial charge in [0.15, 0.2) is 0 Å². The summed E-state index contributed by atoms with van der Waals surface area (Å²) in [6, 6.07) is 12.6. The lowest BCUT2D eigenvalue weighted by atomic mass is 9.88. The molecule has 4 rings (SSSR count). The van der Waals surface area contributed by atoms with E-state index in [2.05, 4.69) is 0 Å². The van der Waals surface area contributed by atoms with Crippen molar-refractivity contribution >= 4 is 38.9 Å². The molecule has 8 nitrogen and oxygen atoms in total. The standard InChI is InChI=1S/C22H19N2O6S2/c1-3-30-15-8-5-4-7-13(15)18-19-14(10-11-16(29-2)20(19)21(23)25)24(22(18)26)32(27,28)17-9-6-12-31-17/h4-12H,3H2,1-2H3,(H2,23,25). The van der Waals surface area contributed by atoms with Crippen molar-refractivity contribution in [3.8, 4) is 11.5 Å². The number of nitrogens with two attached hydrogens (primary N) is 1. The Morgan fingerprint density at radius 3 is 2.47 bits per heavy atom. The Balaban J connectivity index is 2.05. The third-order valence-corrected chi connectivity index (χ3v) is 7.99. The second-order valence-electron chi connectivity index (χ2n) is 6.71. The predicted molar refractivity (Wildman–Crippen MR) is 120 cm³/mol. The molecule has 1 aliphatic heterocycles. The van der Waals surface area contributed by atoms with Gasteiger partial charge in [-0.25, -0.2) is 4.31 Å². The van der Waals surface area contributed by atoms with Crippen LogP contribution in [0, 0.1) is 5.92 Å². The van der Waals surface area contributed by atoms with Gasteiger partial charge in [0.25, 0.3) is 21.8 Å². The van der Waals surface area contributed by atoms with E-state index in [-0.39, 0.29) is 32.7 Å². The molecular formula is C22H19N2O6S2. The lowest BCUT2D eigenvalue weighted by molar-refractivity contribution is -0.114. The van der Waals surface area contributed by atoms with E-state index in [1.807, 2.05) is 0 Å². The summed E-state index contributed by atoms with van der Waals surface area (Å²) in [6.07, 6.45) is 0. The quantitative estimate of drug-likeness (QED) is 0.566. The maximum Gasteiger partial charge on any atom is 0.280 e. The van der Waals surface area contributed by atoms with Crippen molar-refractivity contribution in [1.82, 2.24) is 0 Å². The topological polar surface area (TPSA) is 116 Å². The van der Waals surface area contributed by atoms with Crippen LogP contribution in [-0.2, 0) is 14.8 Å². The van der Waals surface area contributed by atoms with E-state index in [9.17, 15) is 18.0 Å². The first kappa shape index (κ1) is 21.8. The highest BCUT2D eigenvalue weighted by Crippen LogP contribution is 2.49. The third kappa shape index (κ3) is 3.32. The molecule has 1 aliphatic rings. The van der Waals surface area contributed by atoms with E-state index >= 15 is 0 Å². The van der Waals surface area contributed by atoms with E-state index in [4.69, 9.17) is 15.2 Å². The lowest BCUT2D eigenvalue weighted by Crippen LogP contribution is -2.35. The number of rotatable bonds is 7. The molecule has 2 heterocycles. The molecule has 0 saturated carbocycles. The maximum absolute atomic E-state index is 13.7. The normalized spacial score (nSPS) is 13.8.